The molecular formula is C20H24ClN3O5S. The Morgan fingerprint density at radius 1 is 1.30 bits per heavy atom. The van der Waals surface area contributed by atoms with Gasteiger partial charge >= 0.3 is 10.1 Å². The Hall–Kier alpha value is -2.49. The van der Waals surface area contributed by atoms with Gasteiger partial charge in [0.05, 0.1) is 18.7 Å². The summed E-state index contributed by atoms with van der Waals surface area (Å²) in [6.45, 7) is 1.22. The van der Waals surface area contributed by atoms with Crippen molar-refractivity contribution >= 4 is 28.1 Å². The zero-order valence-corrected chi connectivity index (χ0v) is 18.1. The topological polar surface area (TPSA) is 114 Å². The zero-order chi connectivity index (χ0) is 21.7. The summed E-state index contributed by atoms with van der Waals surface area (Å²) in [7, 11) is -2.74. The summed E-state index contributed by atoms with van der Waals surface area (Å²) in [6, 6.07) is 9.33. The molecule has 1 heterocycles. The standard InChI is InChI=1S/C20H24ClN3O5S/c1-28-20-16(15-6-8-24(9-7-15)13-23-22)10-14(12-25)11-18(20)29-30(26,27)19-5-3-2-4-17(19)21/h2-5,10-11,13,15,25H,6-9,12,22H2,1H3. The quantitative estimate of drug-likeness (QED) is 0.218. The summed E-state index contributed by atoms with van der Waals surface area (Å²) < 4.78 is 36.6. The van der Waals surface area contributed by atoms with E-state index < -0.39 is 10.1 Å². The molecule has 30 heavy (non-hydrogen) atoms. The summed E-state index contributed by atoms with van der Waals surface area (Å²) in [5.41, 5.74) is 1.32. The molecule has 1 saturated heterocycles. The van der Waals surface area contributed by atoms with E-state index >= 15 is 0 Å². The highest BCUT2D eigenvalue weighted by molar-refractivity contribution is 7.87. The summed E-state index contributed by atoms with van der Waals surface area (Å²) in [4.78, 5) is 1.87. The van der Waals surface area contributed by atoms with E-state index in [1.807, 2.05) is 11.0 Å². The lowest BCUT2D eigenvalue weighted by Crippen LogP contribution is -2.32. The molecule has 0 saturated carbocycles. The molecule has 1 aliphatic heterocycles. The Morgan fingerprint density at radius 3 is 2.60 bits per heavy atom. The fourth-order valence-electron chi connectivity index (χ4n) is 3.59. The van der Waals surface area contributed by atoms with Crippen molar-refractivity contribution in [1.29, 1.82) is 0 Å². The van der Waals surface area contributed by atoms with E-state index in [0.29, 0.717) is 11.3 Å². The number of piperidine rings is 1. The van der Waals surface area contributed by atoms with E-state index in [1.54, 1.807) is 18.5 Å². The van der Waals surface area contributed by atoms with Crippen molar-refractivity contribution in [3.05, 3.63) is 52.5 Å². The third kappa shape index (κ3) is 4.80. The maximum absolute atomic E-state index is 12.8. The lowest BCUT2D eigenvalue weighted by molar-refractivity contribution is 0.279. The van der Waals surface area contributed by atoms with Crippen LogP contribution in [0.25, 0.3) is 0 Å². The Morgan fingerprint density at radius 2 is 2.00 bits per heavy atom. The Bertz CT molecular complexity index is 1020. The largest absolute Gasteiger partial charge is 0.492 e. The van der Waals surface area contributed by atoms with E-state index in [0.717, 1.165) is 31.5 Å². The molecule has 0 bridgehead atoms. The van der Waals surface area contributed by atoms with Gasteiger partial charge in [-0.05, 0) is 48.6 Å². The van der Waals surface area contributed by atoms with Gasteiger partial charge in [0.2, 0.25) is 0 Å². The van der Waals surface area contributed by atoms with Crippen molar-refractivity contribution in [1.82, 2.24) is 4.90 Å². The van der Waals surface area contributed by atoms with Crippen LogP contribution in [0, 0.1) is 0 Å². The normalized spacial score (nSPS) is 15.5. The average molecular weight is 454 g/mol. The van der Waals surface area contributed by atoms with Gasteiger partial charge in [-0.3, -0.25) is 0 Å². The molecule has 10 heteroatoms. The van der Waals surface area contributed by atoms with Crippen LogP contribution in [0.15, 0.2) is 46.4 Å². The minimum atomic E-state index is -4.20. The van der Waals surface area contributed by atoms with Crippen LogP contribution >= 0.6 is 11.6 Å². The number of rotatable bonds is 7. The van der Waals surface area contributed by atoms with E-state index in [9.17, 15) is 13.5 Å². The highest BCUT2D eigenvalue weighted by Crippen LogP contribution is 2.42. The van der Waals surface area contributed by atoms with Crippen LogP contribution in [0.2, 0.25) is 5.02 Å². The molecule has 2 aromatic carbocycles. The first kappa shape index (κ1) is 22.2. The molecular weight excluding hydrogens is 430 g/mol. The van der Waals surface area contributed by atoms with Gasteiger partial charge in [-0.25, -0.2) is 0 Å². The number of aliphatic hydroxyl groups is 1. The molecule has 0 unspecified atom stereocenters. The first-order valence-electron chi connectivity index (χ1n) is 9.37. The summed E-state index contributed by atoms with van der Waals surface area (Å²) in [5, 5.41) is 13.3. The molecule has 1 aliphatic rings. The maximum Gasteiger partial charge on any atom is 0.340 e. The maximum atomic E-state index is 12.8. The number of nitrogens with zero attached hydrogens (tertiary/aromatic N) is 2. The van der Waals surface area contributed by atoms with E-state index in [-0.39, 0.29) is 28.2 Å². The molecule has 8 nitrogen and oxygen atoms in total. The fraction of sp³-hybridized carbons (Fsp3) is 0.350. The van der Waals surface area contributed by atoms with Crippen LogP contribution in [0.1, 0.15) is 29.9 Å². The van der Waals surface area contributed by atoms with Crippen LogP contribution in [-0.4, -0.2) is 45.0 Å². The van der Waals surface area contributed by atoms with Crippen LogP contribution in [0.5, 0.6) is 11.5 Å². The average Bonchev–Trinajstić information content (AvgIpc) is 2.74. The number of hydrogen-bond acceptors (Lipinski definition) is 7. The van der Waals surface area contributed by atoms with Gasteiger partial charge < -0.3 is 24.8 Å². The van der Waals surface area contributed by atoms with Crippen LogP contribution in [0.4, 0.5) is 0 Å². The SMILES string of the molecule is COc1c(OS(=O)(=O)c2ccccc2Cl)cc(CO)cc1C1CCN(C=NN)CC1. The van der Waals surface area contributed by atoms with Crippen LogP contribution < -0.4 is 14.8 Å². The summed E-state index contributed by atoms with van der Waals surface area (Å²) >= 11 is 6.04. The number of hydrazone groups is 1. The number of methoxy groups -OCH3 is 1. The van der Waals surface area contributed by atoms with E-state index in [2.05, 4.69) is 5.10 Å². The van der Waals surface area contributed by atoms with Crippen molar-refractivity contribution in [2.24, 2.45) is 10.9 Å². The van der Waals surface area contributed by atoms with Crippen molar-refractivity contribution in [3.63, 3.8) is 0 Å². The summed E-state index contributed by atoms with van der Waals surface area (Å²) in [6.07, 6.45) is 3.17. The molecule has 2 aromatic rings. The minimum absolute atomic E-state index is 0.0184. The number of halogens is 1. The molecule has 1 fully saturated rings. The van der Waals surface area contributed by atoms with Crippen molar-refractivity contribution < 1.29 is 22.4 Å². The second-order valence-electron chi connectivity index (χ2n) is 6.92. The monoisotopic (exact) mass is 453 g/mol. The van der Waals surface area contributed by atoms with Gasteiger partial charge in [0.1, 0.15) is 11.2 Å². The number of likely N-dealkylation sites (tertiary alicyclic amines) is 1. The number of nitrogens with two attached hydrogens (primary N) is 1. The molecule has 0 aliphatic carbocycles. The molecule has 3 rings (SSSR count). The predicted octanol–water partition coefficient (Wildman–Crippen LogP) is 2.69. The van der Waals surface area contributed by atoms with Gasteiger partial charge in [-0.2, -0.15) is 13.5 Å². The number of aliphatic hydroxyl groups excluding tert-OH is 1. The third-order valence-corrected chi connectivity index (χ3v) is 6.77. The Balaban J connectivity index is 1.97. The molecule has 3 N–H and O–H groups in total. The number of benzene rings is 2. The van der Waals surface area contributed by atoms with Crippen molar-refractivity contribution in [3.8, 4) is 11.5 Å². The van der Waals surface area contributed by atoms with E-state index in [1.165, 1.54) is 25.3 Å². The van der Waals surface area contributed by atoms with Gasteiger partial charge in [-0.1, -0.05) is 23.7 Å². The summed E-state index contributed by atoms with van der Waals surface area (Å²) in [5.74, 6) is 5.67. The van der Waals surface area contributed by atoms with Crippen molar-refractivity contribution in [2.75, 3.05) is 20.2 Å². The lowest BCUT2D eigenvalue weighted by atomic mass is 9.87. The molecule has 0 radical (unpaired) electrons. The second-order valence-corrected chi connectivity index (χ2v) is 8.84. The number of hydrogen-bond donors (Lipinski definition) is 2. The number of ether oxygens (including phenoxy) is 1. The van der Waals surface area contributed by atoms with Gasteiger partial charge in [-0.15, -0.1) is 0 Å². The lowest BCUT2D eigenvalue weighted by Gasteiger charge is -2.31. The smallest absolute Gasteiger partial charge is 0.340 e. The second kappa shape index (κ2) is 9.55. The first-order valence-corrected chi connectivity index (χ1v) is 11.2. The highest BCUT2D eigenvalue weighted by Gasteiger charge is 2.28. The predicted molar refractivity (Wildman–Crippen MR) is 114 cm³/mol. The Kier molecular flexibility index (Phi) is 7.06. The zero-order valence-electron chi connectivity index (χ0n) is 16.5. The molecule has 0 aromatic heterocycles. The molecule has 0 spiro atoms. The molecule has 0 atom stereocenters. The first-order chi connectivity index (χ1) is 14.4. The molecule has 162 valence electrons. The van der Waals surface area contributed by atoms with Gasteiger partial charge in [0, 0.05) is 18.7 Å². The highest BCUT2D eigenvalue weighted by atomic mass is 35.5. The molecule has 0 amide bonds. The Labute approximate surface area is 181 Å². The third-order valence-electron chi connectivity index (χ3n) is 5.03. The fourth-order valence-corrected chi connectivity index (χ4v) is 5.01. The van der Waals surface area contributed by atoms with Crippen molar-refractivity contribution in [2.45, 2.75) is 30.3 Å². The van der Waals surface area contributed by atoms with E-state index in [4.69, 9.17) is 26.4 Å². The van der Waals surface area contributed by atoms with Crippen LogP contribution in [0.3, 0.4) is 0 Å². The minimum Gasteiger partial charge on any atom is -0.492 e. The van der Waals surface area contributed by atoms with Gasteiger partial charge in [0.25, 0.3) is 0 Å². The van der Waals surface area contributed by atoms with Crippen LogP contribution in [-0.2, 0) is 16.7 Å². The van der Waals surface area contributed by atoms with Gasteiger partial charge in [0.15, 0.2) is 11.5 Å².